The zero-order chi connectivity index (χ0) is 14.4. The highest BCUT2D eigenvalue weighted by molar-refractivity contribution is 6.35. The van der Waals surface area contributed by atoms with Gasteiger partial charge in [-0.2, -0.15) is 0 Å². The van der Waals surface area contributed by atoms with E-state index in [4.69, 9.17) is 28.3 Å². The van der Waals surface area contributed by atoms with E-state index in [0.29, 0.717) is 15.6 Å². The number of carbonyl (C=O) groups excluding carboxylic acids is 1. The van der Waals surface area contributed by atoms with Gasteiger partial charge in [0, 0.05) is 16.5 Å². The maximum atomic E-state index is 11.2. The van der Waals surface area contributed by atoms with Gasteiger partial charge < -0.3 is 15.2 Å². The molecule has 0 radical (unpaired) electrons. The number of halogens is 2. The summed E-state index contributed by atoms with van der Waals surface area (Å²) in [5.74, 6) is -1.17. The van der Waals surface area contributed by atoms with Crippen molar-refractivity contribution in [3.05, 3.63) is 33.8 Å². The lowest BCUT2D eigenvalue weighted by Gasteiger charge is -2.15. The molecule has 7 heteroatoms. The molecule has 1 rings (SSSR count). The number of nitrogens with one attached hydrogen (secondary N) is 1. The first-order valence-corrected chi connectivity index (χ1v) is 6.29. The van der Waals surface area contributed by atoms with Crippen molar-refractivity contribution in [3.8, 4) is 0 Å². The molecule has 0 spiro atoms. The van der Waals surface area contributed by atoms with Crippen molar-refractivity contribution in [1.29, 1.82) is 0 Å². The topological polar surface area (TPSA) is 75.6 Å². The van der Waals surface area contributed by atoms with E-state index in [-0.39, 0.29) is 13.0 Å². The minimum absolute atomic E-state index is 0.0458. The first-order chi connectivity index (χ1) is 8.93. The molecule has 0 fully saturated rings. The Balaban J connectivity index is 2.78. The fraction of sp³-hybridized carbons (Fsp3) is 0.333. The standard InChI is InChI=1S/C12H13Cl2NO4/c1-2-19-12(18)15-10(11(16)17)5-7-3-4-8(13)6-9(7)14/h3-4,6,10H,2,5H2,1H3,(H,15,18)(H,16,17). The highest BCUT2D eigenvalue weighted by Crippen LogP contribution is 2.22. The maximum absolute atomic E-state index is 11.2. The molecule has 0 heterocycles. The summed E-state index contributed by atoms with van der Waals surface area (Å²) in [4.78, 5) is 22.3. The van der Waals surface area contributed by atoms with Crippen LogP contribution in [0.2, 0.25) is 10.0 Å². The Morgan fingerprint density at radius 1 is 1.42 bits per heavy atom. The maximum Gasteiger partial charge on any atom is 0.407 e. The normalized spacial score (nSPS) is 11.7. The third-order valence-electron chi connectivity index (χ3n) is 2.30. The van der Waals surface area contributed by atoms with Gasteiger partial charge in [-0.05, 0) is 24.6 Å². The van der Waals surface area contributed by atoms with Crippen LogP contribution in [0.4, 0.5) is 4.79 Å². The molecule has 0 bridgehead atoms. The lowest BCUT2D eigenvalue weighted by atomic mass is 10.1. The molecule has 5 nitrogen and oxygen atoms in total. The summed E-state index contributed by atoms with van der Waals surface area (Å²) in [6, 6.07) is 3.62. The Bertz CT molecular complexity index is 479. The largest absolute Gasteiger partial charge is 0.480 e. The molecular formula is C12H13Cl2NO4. The van der Waals surface area contributed by atoms with Crippen molar-refractivity contribution >= 4 is 35.3 Å². The predicted octanol–water partition coefficient (Wildman–Crippen LogP) is 2.74. The van der Waals surface area contributed by atoms with Crippen LogP contribution in [0, 0.1) is 0 Å². The van der Waals surface area contributed by atoms with Gasteiger partial charge in [0.2, 0.25) is 0 Å². The van der Waals surface area contributed by atoms with E-state index in [1.165, 1.54) is 6.07 Å². The van der Waals surface area contributed by atoms with Gasteiger partial charge in [-0.25, -0.2) is 9.59 Å². The summed E-state index contributed by atoms with van der Waals surface area (Å²) < 4.78 is 4.64. The third kappa shape index (κ3) is 4.96. The zero-order valence-corrected chi connectivity index (χ0v) is 11.7. The van der Waals surface area contributed by atoms with Crippen molar-refractivity contribution in [2.75, 3.05) is 6.61 Å². The van der Waals surface area contributed by atoms with Crippen molar-refractivity contribution in [2.45, 2.75) is 19.4 Å². The Kier molecular flexibility index (Phi) is 5.92. The average Bonchev–Trinajstić information content (AvgIpc) is 2.31. The van der Waals surface area contributed by atoms with Gasteiger partial charge >= 0.3 is 12.1 Å². The fourth-order valence-electron chi connectivity index (χ4n) is 1.42. The van der Waals surface area contributed by atoms with Crippen molar-refractivity contribution in [2.24, 2.45) is 0 Å². The van der Waals surface area contributed by atoms with Gasteiger partial charge in [0.15, 0.2) is 0 Å². The van der Waals surface area contributed by atoms with Crippen LogP contribution in [0.25, 0.3) is 0 Å². The van der Waals surface area contributed by atoms with Crippen molar-refractivity contribution in [3.63, 3.8) is 0 Å². The Morgan fingerprint density at radius 2 is 2.11 bits per heavy atom. The van der Waals surface area contributed by atoms with E-state index < -0.39 is 18.1 Å². The first-order valence-electron chi connectivity index (χ1n) is 5.54. The molecule has 0 aliphatic heterocycles. The van der Waals surface area contributed by atoms with Crippen LogP contribution in [0.1, 0.15) is 12.5 Å². The van der Waals surface area contributed by atoms with Crippen LogP contribution in [0.5, 0.6) is 0 Å². The number of amides is 1. The van der Waals surface area contributed by atoms with E-state index in [1.54, 1.807) is 19.1 Å². The van der Waals surface area contributed by atoms with Gasteiger partial charge in [0.1, 0.15) is 6.04 Å². The molecule has 0 aliphatic rings. The smallest absolute Gasteiger partial charge is 0.407 e. The number of alkyl carbamates (subject to hydrolysis) is 1. The molecule has 0 aromatic heterocycles. The molecule has 0 saturated heterocycles. The van der Waals surface area contributed by atoms with Crippen LogP contribution in [0.3, 0.4) is 0 Å². The molecule has 1 amide bonds. The second-order valence-electron chi connectivity index (χ2n) is 3.70. The van der Waals surface area contributed by atoms with Gasteiger partial charge in [0.05, 0.1) is 6.61 Å². The number of hydrogen-bond donors (Lipinski definition) is 2. The lowest BCUT2D eigenvalue weighted by molar-refractivity contribution is -0.139. The van der Waals surface area contributed by atoms with Crippen LogP contribution in [-0.4, -0.2) is 29.8 Å². The monoisotopic (exact) mass is 305 g/mol. The highest BCUT2D eigenvalue weighted by Gasteiger charge is 2.22. The molecule has 1 aromatic carbocycles. The molecule has 0 saturated carbocycles. The number of hydrogen-bond acceptors (Lipinski definition) is 3. The minimum atomic E-state index is -1.17. The number of benzene rings is 1. The van der Waals surface area contributed by atoms with Gasteiger partial charge in [-0.15, -0.1) is 0 Å². The van der Waals surface area contributed by atoms with Crippen LogP contribution in [-0.2, 0) is 16.0 Å². The second-order valence-corrected chi connectivity index (χ2v) is 4.54. The average molecular weight is 306 g/mol. The van der Waals surface area contributed by atoms with Crippen LogP contribution in [0.15, 0.2) is 18.2 Å². The number of carboxylic acids is 1. The molecule has 1 unspecified atom stereocenters. The second kappa shape index (κ2) is 7.21. The quantitative estimate of drug-likeness (QED) is 0.877. The SMILES string of the molecule is CCOC(=O)NC(Cc1ccc(Cl)cc1Cl)C(=O)O. The Morgan fingerprint density at radius 3 is 2.63 bits per heavy atom. The zero-order valence-electron chi connectivity index (χ0n) is 10.2. The van der Waals surface area contributed by atoms with E-state index in [1.807, 2.05) is 0 Å². The molecule has 104 valence electrons. The summed E-state index contributed by atoms with van der Waals surface area (Å²) >= 11 is 11.7. The number of carbonyl (C=O) groups is 2. The molecule has 1 atom stereocenters. The van der Waals surface area contributed by atoms with Crippen molar-refractivity contribution in [1.82, 2.24) is 5.32 Å². The first kappa shape index (κ1) is 15.6. The summed E-state index contributed by atoms with van der Waals surface area (Å²) in [5.41, 5.74) is 0.579. The summed E-state index contributed by atoms with van der Waals surface area (Å²) in [6.07, 6.45) is -0.732. The molecule has 2 N–H and O–H groups in total. The summed E-state index contributed by atoms with van der Waals surface area (Å²) in [6.45, 7) is 1.80. The molecule has 19 heavy (non-hydrogen) atoms. The molecule has 1 aromatic rings. The fourth-order valence-corrected chi connectivity index (χ4v) is 1.91. The third-order valence-corrected chi connectivity index (χ3v) is 2.89. The highest BCUT2D eigenvalue weighted by atomic mass is 35.5. The Labute approximate surface area is 120 Å². The van der Waals surface area contributed by atoms with E-state index in [9.17, 15) is 9.59 Å². The number of rotatable bonds is 5. The molecule has 0 aliphatic carbocycles. The van der Waals surface area contributed by atoms with Crippen LogP contribution >= 0.6 is 23.2 Å². The van der Waals surface area contributed by atoms with E-state index in [2.05, 4.69) is 10.1 Å². The van der Waals surface area contributed by atoms with Gasteiger partial charge in [-0.1, -0.05) is 29.3 Å². The molecular weight excluding hydrogens is 293 g/mol. The van der Waals surface area contributed by atoms with Crippen LogP contribution < -0.4 is 5.32 Å². The number of carboxylic acid groups (broad SMARTS) is 1. The van der Waals surface area contributed by atoms with Gasteiger partial charge in [-0.3, -0.25) is 0 Å². The van der Waals surface area contributed by atoms with Gasteiger partial charge in [0.25, 0.3) is 0 Å². The van der Waals surface area contributed by atoms with E-state index >= 15 is 0 Å². The summed E-state index contributed by atoms with van der Waals surface area (Å²) in [7, 11) is 0. The van der Waals surface area contributed by atoms with Crippen molar-refractivity contribution < 1.29 is 19.4 Å². The lowest BCUT2D eigenvalue weighted by Crippen LogP contribution is -2.42. The number of ether oxygens (including phenoxy) is 1. The minimum Gasteiger partial charge on any atom is -0.480 e. The van der Waals surface area contributed by atoms with E-state index in [0.717, 1.165) is 0 Å². The summed E-state index contributed by atoms with van der Waals surface area (Å²) in [5, 5.41) is 12.1. The Hall–Kier alpha value is -1.46. The number of aliphatic carboxylic acids is 1. The predicted molar refractivity (Wildman–Crippen MR) is 71.7 cm³/mol.